The SMILES string of the molecule is C=CC(=O)OCCOC(=O)NCC1(C)CC(NC(=O)OC)CC(C)(C)C1. The van der Waals surface area contributed by atoms with Crippen molar-refractivity contribution in [3.8, 4) is 0 Å². The van der Waals surface area contributed by atoms with Crippen LogP contribution in [0.15, 0.2) is 12.7 Å². The van der Waals surface area contributed by atoms with Gasteiger partial charge in [0.25, 0.3) is 0 Å². The topological polar surface area (TPSA) is 103 Å². The van der Waals surface area contributed by atoms with E-state index in [9.17, 15) is 14.4 Å². The van der Waals surface area contributed by atoms with Crippen molar-refractivity contribution in [2.45, 2.75) is 46.1 Å². The van der Waals surface area contributed by atoms with Crippen LogP contribution in [-0.4, -0.2) is 51.1 Å². The van der Waals surface area contributed by atoms with Gasteiger partial charge in [0.15, 0.2) is 0 Å². The maximum absolute atomic E-state index is 11.8. The van der Waals surface area contributed by atoms with Crippen molar-refractivity contribution in [2.75, 3.05) is 26.9 Å². The molecule has 2 amide bonds. The highest BCUT2D eigenvalue weighted by Crippen LogP contribution is 2.45. The van der Waals surface area contributed by atoms with Crippen LogP contribution in [0.2, 0.25) is 0 Å². The molecule has 0 bridgehead atoms. The minimum atomic E-state index is -0.568. The predicted molar refractivity (Wildman–Crippen MR) is 95.6 cm³/mol. The van der Waals surface area contributed by atoms with Gasteiger partial charge in [-0.3, -0.25) is 0 Å². The van der Waals surface area contributed by atoms with Crippen LogP contribution in [0, 0.1) is 10.8 Å². The highest BCUT2D eigenvalue weighted by molar-refractivity contribution is 5.81. The summed E-state index contributed by atoms with van der Waals surface area (Å²) in [5, 5.41) is 5.62. The molecule has 26 heavy (non-hydrogen) atoms. The first-order valence-electron chi connectivity index (χ1n) is 8.63. The van der Waals surface area contributed by atoms with Crippen LogP contribution in [0.5, 0.6) is 0 Å². The van der Waals surface area contributed by atoms with Gasteiger partial charge in [0.2, 0.25) is 0 Å². The Kier molecular flexibility index (Phi) is 7.92. The van der Waals surface area contributed by atoms with E-state index < -0.39 is 18.2 Å². The predicted octanol–water partition coefficient (Wildman–Crippen LogP) is 2.38. The zero-order valence-electron chi connectivity index (χ0n) is 16.1. The summed E-state index contributed by atoms with van der Waals surface area (Å²) in [5.74, 6) is -0.560. The van der Waals surface area contributed by atoms with Gasteiger partial charge >= 0.3 is 18.2 Å². The quantitative estimate of drug-likeness (QED) is 0.309. The lowest BCUT2D eigenvalue weighted by molar-refractivity contribution is -0.138. The maximum atomic E-state index is 11.8. The van der Waals surface area contributed by atoms with E-state index in [0.29, 0.717) is 6.54 Å². The molecule has 148 valence electrons. The lowest BCUT2D eigenvalue weighted by atomic mass is 9.62. The Labute approximate surface area is 154 Å². The van der Waals surface area contributed by atoms with Gasteiger partial charge in [-0.2, -0.15) is 0 Å². The van der Waals surface area contributed by atoms with E-state index in [1.807, 2.05) is 0 Å². The molecule has 1 rings (SSSR count). The van der Waals surface area contributed by atoms with Crippen LogP contribution >= 0.6 is 0 Å². The molecule has 2 unspecified atom stereocenters. The molecule has 1 fully saturated rings. The number of carbonyl (C=O) groups is 3. The van der Waals surface area contributed by atoms with E-state index in [1.54, 1.807) is 0 Å². The summed E-state index contributed by atoms with van der Waals surface area (Å²) in [6, 6.07) is -0.0210. The molecule has 0 heterocycles. The molecule has 0 aliphatic heterocycles. The fourth-order valence-electron chi connectivity index (χ4n) is 3.77. The molecule has 0 aromatic heterocycles. The van der Waals surface area contributed by atoms with Gasteiger partial charge in [0.05, 0.1) is 7.11 Å². The summed E-state index contributed by atoms with van der Waals surface area (Å²) >= 11 is 0. The zero-order valence-corrected chi connectivity index (χ0v) is 16.1. The number of hydrogen-bond donors (Lipinski definition) is 2. The number of rotatable bonds is 7. The largest absolute Gasteiger partial charge is 0.459 e. The summed E-state index contributed by atoms with van der Waals surface area (Å²) in [7, 11) is 1.34. The van der Waals surface area contributed by atoms with Crippen LogP contribution < -0.4 is 10.6 Å². The molecule has 0 aromatic rings. The average molecular weight is 370 g/mol. The van der Waals surface area contributed by atoms with Crippen LogP contribution in [0.4, 0.5) is 9.59 Å². The van der Waals surface area contributed by atoms with Crippen molar-refractivity contribution >= 4 is 18.2 Å². The van der Waals surface area contributed by atoms with Gasteiger partial charge in [-0.05, 0) is 30.1 Å². The Balaban J connectivity index is 2.47. The van der Waals surface area contributed by atoms with Crippen LogP contribution in [0.1, 0.15) is 40.0 Å². The average Bonchev–Trinajstić information content (AvgIpc) is 2.54. The number of ether oxygens (including phenoxy) is 3. The normalized spacial score (nSPS) is 24.1. The molecule has 0 radical (unpaired) electrons. The third-order valence-electron chi connectivity index (χ3n) is 4.34. The third kappa shape index (κ3) is 7.76. The summed E-state index contributed by atoms with van der Waals surface area (Å²) in [6.07, 6.45) is 2.50. The number of amides is 2. The van der Waals surface area contributed by atoms with Crippen molar-refractivity contribution < 1.29 is 28.6 Å². The van der Waals surface area contributed by atoms with Crippen molar-refractivity contribution in [1.29, 1.82) is 0 Å². The summed E-state index contributed by atoms with van der Waals surface area (Å²) in [4.78, 5) is 34.2. The molecule has 2 atom stereocenters. The molecular formula is C18H30N2O6. The monoisotopic (exact) mass is 370 g/mol. The second-order valence-electron chi connectivity index (χ2n) is 7.75. The molecule has 2 N–H and O–H groups in total. The first kappa shape index (κ1) is 21.8. The van der Waals surface area contributed by atoms with Gasteiger partial charge in [0, 0.05) is 18.7 Å². The van der Waals surface area contributed by atoms with E-state index in [4.69, 9.17) is 9.47 Å². The van der Waals surface area contributed by atoms with Crippen molar-refractivity contribution in [1.82, 2.24) is 10.6 Å². The minimum absolute atomic E-state index is 0.0170. The van der Waals surface area contributed by atoms with E-state index in [1.165, 1.54) is 7.11 Å². The Morgan fingerprint density at radius 2 is 1.77 bits per heavy atom. The van der Waals surface area contributed by atoms with E-state index in [2.05, 4.69) is 42.7 Å². The summed E-state index contributed by atoms with van der Waals surface area (Å²) in [6.45, 7) is 10.0. The lowest BCUT2D eigenvalue weighted by Crippen LogP contribution is -2.50. The van der Waals surface area contributed by atoms with Crippen molar-refractivity contribution in [2.24, 2.45) is 10.8 Å². The smallest absolute Gasteiger partial charge is 0.407 e. The number of esters is 1. The van der Waals surface area contributed by atoms with Crippen LogP contribution in [0.3, 0.4) is 0 Å². The number of carbonyl (C=O) groups excluding carboxylic acids is 3. The van der Waals surface area contributed by atoms with E-state index in [-0.39, 0.29) is 30.1 Å². The Bertz CT molecular complexity index is 534. The van der Waals surface area contributed by atoms with E-state index >= 15 is 0 Å². The first-order chi connectivity index (χ1) is 12.1. The Morgan fingerprint density at radius 3 is 2.38 bits per heavy atom. The molecule has 1 aliphatic carbocycles. The molecule has 8 nitrogen and oxygen atoms in total. The minimum Gasteiger partial charge on any atom is -0.459 e. The Hall–Kier alpha value is -2.25. The lowest BCUT2D eigenvalue weighted by Gasteiger charge is -2.46. The summed E-state index contributed by atoms with van der Waals surface area (Å²) < 4.78 is 14.4. The first-order valence-corrected chi connectivity index (χ1v) is 8.63. The molecule has 0 spiro atoms. The standard InChI is InChI=1S/C18H30N2O6/c1-6-14(21)25-7-8-26-15(22)19-12-18(4)10-13(20-16(23)24-5)9-17(2,3)11-18/h6,13H,1,7-12H2,2-5H3,(H,19,22)(H,20,23). The molecule has 1 aliphatic rings. The molecule has 0 aromatic carbocycles. The highest BCUT2D eigenvalue weighted by Gasteiger charge is 2.42. The second-order valence-corrected chi connectivity index (χ2v) is 7.75. The highest BCUT2D eigenvalue weighted by atomic mass is 16.6. The Morgan fingerprint density at radius 1 is 1.12 bits per heavy atom. The molecular weight excluding hydrogens is 340 g/mol. The van der Waals surface area contributed by atoms with Gasteiger partial charge in [0.1, 0.15) is 13.2 Å². The number of nitrogens with one attached hydrogen (secondary N) is 2. The van der Waals surface area contributed by atoms with Crippen LogP contribution in [0.25, 0.3) is 0 Å². The number of methoxy groups -OCH3 is 1. The molecule has 1 saturated carbocycles. The van der Waals surface area contributed by atoms with Gasteiger partial charge in [-0.25, -0.2) is 14.4 Å². The van der Waals surface area contributed by atoms with Crippen molar-refractivity contribution in [3.05, 3.63) is 12.7 Å². The molecule has 8 heteroatoms. The fraction of sp³-hybridized carbons (Fsp3) is 0.722. The van der Waals surface area contributed by atoms with Crippen molar-refractivity contribution in [3.63, 3.8) is 0 Å². The van der Waals surface area contributed by atoms with Gasteiger partial charge in [-0.15, -0.1) is 0 Å². The fourth-order valence-corrected chi connectivity index (χ4v) is 3.77. The van der Waals surface area contributed by atoms with Gasteiger partial charge < -0.3 is 24.8 Å². The second kappa shape index (κ2) is 9.45. The van der Waals surface area contributed by atoms with Gasteiger partial charge in [-0.1, -0.05) is 27.4 Å². The maximum Gasteiger partial charge on any atom is 0.407 e. The number of hydrogen-bond acceptors (Lipinski definition) is 6. The zero-order chi connectivity index (χ0) is 19.8. The van der Waals surface area contributed by atoms with Crippen LogP contribution in [-0.2, 0) is 19.0 Å². The number of alkyl carbamates (subject to hydrolysis) is 2. The third-order valence-corrected chi connectivity index (χ3v) is 4.34. The summed E-state index contributed by atoms with van der Waals surface area (Å²) in [5.41, 5.74) is -0.176. The van der Waals surface area contributed by atoms with E-state index in [0.717, 1.165) is 25.3 Å². The molecule has 0 saturated heterocycles.